The number of nitrogens with zero attached hydrogens (tertiary/aromatic N) is 1. The Labute approximate surface area is 146 Å². The van der Waals surface area contributed by atoms with E-state index in [1.165, 1.54) is 0 Å². The van der Waals surface area contributed by atoms with Gasteiger partial charge in [0.05, 0.1) is 11.3 Å². The van der Waals surface area contributed by atoms with Gasteiger partial charge in [0, 0.05) is 0 Å². The van der Waals surface area contributed by atoms with Crippen molar-refractivity contribution in [1.82, 2.24) is 5.16 Å². The molecule has 1 aromatic heterocycles. The number of aryl methyl sites for hydroxylation is 2. The van der Waals surface area contributed by atoms with Gasteiger partial charge in [-0.25, -0.2) is 4.79 Å². The molecule has 0 saturated carbocycles. The largest absolute Gasteiger partial charge is 0.488 e. The van der Waals surface area contributed by atoms with Crippen molar-refractivity contribution in [2.75, 3.05) is 0 Å². The number of esters is 1. The second kappa shape index (κ2) is 7.66. The molecule has 2 aromatic carbocycles. The standard InChI is InChI=1S/C20H19NO4/c1-14-18(15(2)25-21-14)13-23-19-11-7-6-10-17(19)20(22)24-12-16-8-4-3-5-9-16/h3-11H,12-13H2,1-2H3. The number of hydrogen-bond acceptors (Lipinski definition) is 5. The molecule has 0 radical (unpaired) electrons. The first-order chi connectivity index (χ1) is 12.1. The smallest absolute Gasteiger partial charge is 0.342 e. The number of para-hydroxylation sites is 1. The van der Waals surface area contributed by atoms with E-state index in [2.05, 4.69) is 5.16 Å². The van der Waals surface area contributed by atoms with E-state index in [4.69, 9.17) is 14.0 Å². The highest BCUT2D eigenvalue weighted by Gasteiger charge is 2.16. The van der Waals surface area contributed by atoms with E-state index < -0.39 is 5.97 Å². The summed E-state index contributed by atoms with van der Waals surface area (Å²) in [6.45, 7) is 4.19. The topological polar surface area (TPSA) is 61.6 Å². The van der Waals surface area contributed by atoms with Crippen LogP contribution in [0.25, 0.3) is 0 Å². The summed E-state index contributed by atoms with van der Waals surface area (Å²) in [6.07, 6.45) is 0. The van der Waals surface area contributed by atoms with Gasteiger partial charge in [-0.2, -0.15) is 0 Å². The molecule has 128 valence electrons. The van der Waals surface area contributed by atoms with Gasteiger partial charge in [0.25, 0.3) is 0 Å². The van der Waals surface area contributed by atoms with Crippen LogP contribution in [0.4, 0.5) is 0 Å². The van der Waals surface area contributed by atoms with Gasteiger partial charge in [0.1, 0.15) is 30.3 Å². The van der Waals surface area contributed by atoms with Gasteiger partial charge in [-0.15, -0.1) is 0 Å². The lowest BCUT2D eigenvalue weighted by Gasteiger charge is -2.11. The molecule has 0 fully saturated rings. The fraction of sp³-hybridized carbons (Fsp3) is 0.200. The van der Waals surface area contributed by atoms with Crippen molar-refractivity contribution in [3.05, 3.63) is 82.7 Å². The van der Waals surface area contributed by atoms with E-state index in [1.54, 1.807) is 18.2 Å². The third-order valence-corrected chi connectivity index (χ3v) is 3.87. The number of benzene rings is 2. The SMILES string of the molecule is Cc1noc(C)c1COc1ccccc1C(=O)OCc1ccccc1. The number of ether oxygens (including phenoxy) is 2. The van der Waals surface area contributed by atoms with Crippen LogP contribution < -0.4 is 4.74 Å². The van der Waals surface area contributed by atoms with Crippen LogP contribution in [0.3, 0.4) is 0 Å². The van der Waals surface area contributed by atoms with E-state index in [9.17, 15) is 4.79 Å². The Morgan fingerprint density at radius 1 is 1.00 bits per heavy atom. The van der Waals surface area contributed by atoms with Gasteiger partial charge in [-0.1, -0.05) is 47.6 Å². The molecule has 25 heavy (non-hydrogen) atoms. The molecule has 0 unspecified atom stereocenters. The predicted octanol–water partition coefficient (Wildman–Crippen LogP) is 4.23. The molecule has 5 heteroatoms. The zero-order valence-electron chi connectivity index (χ0n) is 14.2. The lowest BCUT2D eigenvalue weighted by Crippen LogP contribution is -2.08. The van der Waals surface area contributed by atoms with Gasteiger partial charge >= 0.3 is 5.97 Å². The molecule has 0 bridgehead atoms. The van der Waals surface area contributed by atoms with Crippen LogP contribution >= 0.6 is 0 Å². The van der Waals surface area contributed by atoms with Crippen molar-refractivity contribution in [3.8, 4) is 5.75 Å². The molecule has 3 aromatic rings. The third-order valence-electron chi connectivity index (χ3n) is 3.87. The summed E-state index contributed by atoms with van der Waals surface area (Å²) in [7, 11) is 0. The summed E-state index contributed by atoms with van der Waals surface area (Å²) in [5, 5.41) is 3.90. The molecule has 0 atom stereocenters. The van der Waals surface area contributed by atoms with Crippen LogP contribution in [0, 0.1) is 13.8 Å². The molecular weight excluding hydrogens is 318 g/mol. The van der Waals surface area contributed by atoms with E-state index in [1.807, 2.05) is 50.2 Å². The van der Waals surface area contributed by atoms with Crippen LogP contribution in [0.15, 0.2) is 59.1 Å². The van der Waals surface area contributed by atoms with Crippen LogP contribution in [0.5, 0.6) is 5.75 Å². The molecule has 0 amide bonds. The first kappa shape index (κ1) is 16.8. The van der Waals surface area contributed by atoms with Crippen LogP contribution in [-0.2, 0) is 18.0 Å². The van der Waals surface area contributed by atoms with Crippen molar-refractivity contribution < 1.29 is 18.8 Å². The van der Waals surface area contributed by atoms with Crippen molar-refractivity contribution >= 4 is 5.97 Å². The first-order valence-electron chi connectivity index (χ1n) is 8.00. The van der Waals surface area contributed by atoms with E-state index in [0.717, 1.165) is 16.8 Å². The Balaban J connectivity index is 1.69. The molecule has 5 nitrogen and oxygen atoms in total. The molecule has 0 N–H and O–H groups in total. The van der Waals surface area contributed by atoms with Crippen LogP contribution in [0.2, 0.25) is 0 Å². The highest BCUT2D eigenvalue weighted by atomic mass is 16.5. The molecule has 0 saturated heterocycles. The number of aromatic nitrogens is 1. The third kappa shape index (κ3) is 4.07. The minimum Gasteiger partial charge on any atom is -0.488 e. The Morgan fingerprint density at radius 2 is 1.72 bits per heavy atom. The maximum absolute atomic E-state index is 12.4. The molecule has 0 aliphatic rings. The quantitative estimate of drug-likeness (QED) is 0.630. The van der Waals surface area contributed by atoms with Gasteiger partial charge in [0.15, 0.2) is 0 Å². The number of carbonyl (C=O) groups excluding carboxylic acids is 1. The predicted molar refractivity (Wildman–Crippen MR) is 92.3 cm³/mol. The highest BCUT2D eigenvalue weighted by molar-refractivity contribution is 5.92. The molecular formula is C20H19NO4. The van der Waals surface area contributed by atoms with Gasteiger partial charge < -0.3 is 14.0 Å². The van der Waals surface area contributed by atoms with Crippen molar-refractivity contribution in [2.24, 2.45) is 0 Å². The fourth-order valence-corrected chi connectivity index (χ4v) is 2.42. The number of carbonyl (C=O) groups is 1. The zero-order valence-corrected chi connectivity index (χ0v) is 14.2. The van der Waals surface area contributed by atoms with E-state index in [0.29, 0.717) is 17.1 Å². The molecule has 0 aliphatic carbocycles. The molecule has 1 heterocycles. The van der Waals surface area contributed by atoms with Gasteiger partial charge in [-0.05, 0) is 31.5 Å². The lowest BCUT2D eigenvalue weighted by atomic mass is 10.2. The Bertz CT molecular complexity index is 836. The summed E-state index contributed by atoms with van der Waals surface area (Å²) < 4.78 is 16.3. The van der Waals surface area contributed by atoms with Crippen molar-refractivity contribution in [3.63, 3.8) is 0 Å². The van der Waals surface area contributed by atoms with E-state index in [-0.39, 0.29) is 13.2 Å². The lowest BCUT2D eigenvalue weighted by molar-refractivity contribution is 0.0467. The Morgan fingerprint density at radius 3 is 2.44 bits per heavy atom. The average Bonchev–Trinajstić information content (AvgIpc) is 2.97. The Hall–Kier alpha value is -3.08. The highest BCUT2D eigenvalue weighted by Crippen LogP contribution is 2.22. The Kier molecular flexibility index (Phi) is 5.14. The average molecular weight is 337 g/mol. The monoisotopic (exact) mass is 337 g/mol. The van der Waals surface area contributed by atoms with Crippen LogP contribution in [0.1, 0.15) is 32.9 Å². The van der Waals surface area contributed by atoms with Crippen LogP contribution in [-0.4, -0.2) is 11.1 Å². The summed E-state index contributed by atoms with van der Waals surface area (Å²) in [5.41, 5.74) is 2.99. The molecule has 3 rings (SSSR count). The summed E-state index contributed by atoms with van der Waals surface area (Å²) in [6, 6.07) is 16.6. The van der Waals surface area contributed by atoms with Gasteiger partial charge in [0.2, 0.25) is 0 Å². The van der Waals surface area contributed by atoms with E-state index >= 15 is 0 Å². The molecule has 0 aliphatic heterocycles. The second-order valence-corrected chi connectivity index (χ2v) is 5.65. The summed E-state index contributed by atoms with van der Waals surface area (Å²) in [4.78, 5) is 12.4. The maximum Gasteiger partial charge on any atom is 0.342 e. The summed E-state index contributed by atoms with van der Waals surface area (Å²) in [5.74, 6) is 0.764. The minimum atomic E-state index is -0.418. The number of hydrogen-bond donors (Lipinski definition) is 0. The number of rotatable bonds is 6. The fourth-order valence-electron chi connectivity index (χ4n) is 2.42. The normalized spacial score (nSPS) is 10.5. The van der Waals surface area contributed by atoms with Crippen molar-refractivity contribution in [2.45, 2.75) is 27.1 Å². The maximum atomic E-state index is 12.4. The van der Waals surface area contributed by atoms with Gasteiger partial charge in [-0.3, -0.25) is 0 Å². The van der Waals surface area contributed by atoms with Crippen molar-refractivity contribution in [1.29, 1.82) is 0 Å². The zero-order chi connectivity index (χ0) is 17.6. The summed E-state index contributed by atoms with van der Waals surface area (Å²) >= 11 is 0. The molecule has 0 spiro atoms. The minimum absolute atomic E-state index is 0.220. The second-order valence-electron chi connectivity index (χ2n) is 5.65. The first-order valence-corrected chi connectivity index (χ1v) is 8.00.